The van der Waals surface area contributed by atoms with E-state index in [1.54, 1.807) is 19.2 Å². The minimum atomic E-state index is 0.0655. The third-order valence-corrected chi connectivity index (χ3v) is 3.41. The summed E-state index contributed by atoms with van der Waals surface area (Å²) < 4.78 is 5.55. The highest BCUT2D eigenvalue weighted by molar-refractivity contribution is 5.79. The second-order valence-electron chi connectivity index (χ2n) is 6.33. The Kier molecular flexibility index (Phi) is 7.18. The maximum absolute atomic E-state index is 9.29. The summed E-state index contributed by atoms with van der Waals surface area (Å²) in [6.45, 7) is 10.6. The molecule has 5 nitrogen and oxygen atoms in total. The van der Waals surface area contributed by atoms with Crippen molar-refractivity contribution in [2.45, 2.75) is 40.3 Å². The number of phenolic OH excluding ortho intramolecular Hbond substituents is 1. The van der Waals surface area contributed by atoms with E-state index in [2.05, 4.69) is 36.4 Å². The van der Waals surface area contributed by atoms with E-state index >= 15 is 0 Å². The van der Waals surface area contributed by atoms with Crippen LogP contribution in [-0.2, 0) is 11.3 Å². The summed E-state index contributed by atoms with van der Waals surface area (Å²) in [6.07, 6.45) is 0.102. The lowest BCUT2D eigenvalue weighted by molar-refractivity contribution is 0.0205. The number of methoxy groups -OCH3 is 1. The summed E-state index contributed by atoms with van der Waals surface area (Å²) in [4.78, 5) is 4.56. The van der Waals surface area contributed by atoms with Crippen LogP contribution in [0.5, 0.6) is 5.75 Å². The van der Waals surface area contributed by atoms with E-state index in [9.17, 15) is 5.11 Å². The van der Waals surface area contributed by atoms with Crippen LogP contribution in [0.4, 0.5) is 0 Å². The highest BCUT2D eigenvalue weighted by atomic mass is 16.5. The average Bonchev–Trinajstić information content (AvgIpc) is 2.45. The maximum Gasteiger partial charge on any atom is 0.191 e. The van der Waals surface area contributed by atoms with Crippen molar-refractivity contribution in [2.75, 3.05) is 20.2 Å². The Balaban J connectivity index is 2.64. The van der Waals surface area contributed by atoms with Crippen LogP contribution in [0.15, 0.2) is 29.3 Å². The summed E-state index contributed by atoms with van der Waals surface area (Å²) in [5, 5.41) is 15.8. The SMILES string of the molecule is CCNC(=NCc1ccc(O)cc1)NCC(OC)C(C)(C)C. The molecule has 1 unspecified atom stereocenters. The van der Waals surface area contributed by atoms with Gasteiger partial charge in [0.05, 0.1) is 12.6 Å². The summed E-state index contributed by atoms with van der Waals surface area (Å²) >= 11 is 0. The average molecular weight is 307 g/mol. The normalized spacial score (nSPS) is 13.8. The molecule has 0 spiro atoms. The molecule has 1 aromatic carbocycles. The van der Waals surface area contributed by atoms with Gasteiger partial charge in [0.2, 0.25) is 0 Å². The van der Waals surface area contributed by atoms with Gasteiger partial charge in [0.25, 0.3) is 0 Å². The van der Waals surface area contributed by atoms with E-state index in [1.807, 2.05) is 19.1 Å². The van der Waals surface area contributed by atoms with Gasteiger partial charge in [0.15, 0.2) is 5.96 Å². The lowest BCUT2D eigenvalue weighted by Gasteiger charge is -2.30. The van der Waals surface area contributed by atoms with Crippen molar-refractivity contribution in [3.8, 4) is 5.75 Å². The molecule has 0 radical (unpaired) electrons. The number of aliphatic imine (C=N–C) groups is 1. The Morgan fingerprint density at radius 3 is 2.36 bits per heavy atom. The van der Waals surface area contributed by atoms with Crippen molar-refractivity contribution in [2.24, 2.45) is 10.4 Å². The van der Waals surface area contributed by atoms with Gasteiger partial charge in [0.1, 0.15) is 5.75 Å². The molecule has 0 saturated heterocycles. The minimum absolute atomic E-state index is 0.0655. The number of nitrogens with zero attached hydrogens (tertiary/aromatic N) is 1. The summed E-state index contributed by atoms with van der Waals surface area (Å²) in [5.74, 6) is 1.03. The molecule has 1 aromatic rings. The van der Waals surface area contributed by atoms with Gasteiger partial charge in [-0.1, -0.05) is 32.9 Å². The Morgan fingerprint density at radius 1 is 1.23 bits per heavy atom. The summed E-state index contributed by atoms with van der Waals surface area (Å²) in [5.41, 5.74) is 1.12. The number of hydrogen-bond donors (Lipinski definition) is 3. The number of phenols is 1. The van der Waals surface area contributed by atoms with Gasteiger partial charge in [-0.3, -0.25) is 0 Å². The minimum Gasteiger partial charge on any atom is -0.508 e. The molecule has 0 fully saturated rings. The van der Waals surface area contributed by atoms with Crippen LogP contribution >= 0.6 is 0 Å². The van der Waals surface area contributed by atoms with Crippen molar-refractivity contribution in [3.63, 3.8) is 0 Å². The number of aromatic hydroxyl groups is 1. The van der Waals surface area contributed by atoms with Gasteiger partial charge in [-0.15, -0.1) is 0 Å². The van der Waals surface area contributed by atoms with E-state index < -0.39 is 0 Å². The fraction of sp³-hybridized carbons (Fsp3) is 0.588. The predicted molar refractivity (Wildman–Crippen MR) is 91.2 cm³/mol. The van der Waals surface area contributed by atoms with Gasteiger partial charge < -0.3 is 20.5 Å². The Hall–Kier alpha value is -1.75. The highest BCUT2D eigenvalue weighted by Gasteiger charge is 2.24. The topological polar surface area (TPSA) is 65.9 Å². The molecule has 0 heterocycles. The van der Waals surface area contributed by atoms with Crippen LogP contribution in [0.3, 0.4) is 0 Å². The van der Waals surface area contributed by atoms with E-state index in [1.165, 1.54) is 0 Å². The zero-order valence-electron chi connectivity index (χ0n) is 14.3. The molecule has 5 heteroatoms. The van der Waals surface area contributed by atoms with Gasteiger partial charge in [-0.2, -0.15) is 0 Å². The van der Waals surface area contributed by atoms with Gasteiger partial charge in [-0.25, -0.2) is 4.99 Å². The van der Waals surface area contributed by atoms with E-state index in [0.717, 1.165) is 18.1 Å². The fourth-order valence-corrected chi connectivity index (χ4v) is 2.05. The Labute approximate surface area is 133 Å². The molecule has 3 N–H and O–H groups in total. The highest BCUT2D eigenvalue weighted by Crippen LogP contribution is 2.20. The molecule has 124 valence electrons. The van der Waals surface area contributed by atoms with E-state index in [4.69, 9.17) is 4.74 Å². The molecule has 0 amide bonds. The lowest BCUT2D eigenvalue weighted by Crippen LogP contribution is -2.45. The fourth-order valence-electron chi connectivity index (χ4n) is 2.05. The number of hydrogen-bond acceptors (Lipinski definition) is 3. The van der Waals surface area contributed by atoms with Crippen LogP contribution in [-0.4, -0.2) is 37.4 Å². The third kappa shape index (κ3) is 6.35. The largest absolute Gasteiger partial charge is 0.508 e. The first-order valence-electron chi connectivity index (χ1n) is 7.69. The van der Waals surface area contributed by atoms with E-state index in [-0.39, 0.29) is 17.3 Å². The van der Waals surface area contributed by atoms with Crippen molar-refractivity contribution in [3.05, 3.63) is 29.8 Å². The van der Waals surface area contributed by atoms with Crippen molar-refractivity contribution >= 4 is 5.96 Å². The first-order valence-corrected chi connectivity index (χ1v) is 7.69. The molecule has 0 saturated carbocycles. The molecule has 0 aliphatic carbocycles. The van der Waals surface area contributed by atoms with E-state index in [0.29, 0.717) is 13.1 Å². The molecular weight excluding hydrogens is 278 g/mol. The molecule has 1 atom stereocenters. The van der Waals surface area contributed by atoms with Crippen molar-refractivity contribution < 1.29 is 9.84 Å². The summed E-state index contributed by atoms with van der Waals surface area (Å²) in [7, 11) is 1.73. The molecule has 0 aromatic heterocycles. The molecule has 1 rings (SSSR count). The zero-order valence-corrected chi connectivity index (χ0v) is 14.3. The van der Waals surface area contributed by atoms with Crippen LogP contribution in [0.2, 0.25) is 0 Å². The van der Waals surface area contributed by atoms with Gasteiger partial charge in [0, 0.05) is 20.2 Å². The quantitative estimate of drug-likeness (QED) is 0.558. The standard InChI is InChI=1S/C17H29N3O2/c1-6-18-16(20-12-15(22-5)17(2,3)4)19-11-13-7-9-14(21)10-8-13/h7-10,15,21H,6,11-12H2,1-5H3,(H2,18,19,20). The number of rotatable bonds is 6. The monoisotopic (exact) mass is 307 g/mol. The molecule has 22 heavy (non-hydrogen) atoms. The molecule has 0 aliphatic rings. The first-order chi connectivity index (χ1) is 10.4. The smallest absolute Gasteiger partial charge is 0.191 e. The third-order valence-electron chi connectivity index (χ3n) is 3.41. The molecular formula is C17H29N3O2. The second-order valence-corrected chi connectivity index (χ2v) is 6.33. The van der Waals surface area contributed by atoms with Gasteiger partial charge >= 0.3 is 0 Å². The second kappa shape index (κ2) is 8.63. The number of nitrogens with one attached hydrogen (secondary N) is 2. The predicted octanol–water partition coefficient (Wildman–Crippen LogP) is 2.51. The van der Waals surface area contributed by atoms with Gasteiger partial charge in [-0.05, 0) is 30.0 Å². The van der Waals surface area contributed by atoms with Crippen LogP contribution in [0.25, 0.3) is 0 Å². The lowest BCUT2D eigenvalue weighted by atomic mass is 9.89. The first kappa shape index (κ1) is 18.3. The Morgan fingerprint density at radius 2 is 1.86 bits per heavy atom. The van der Waals surface area contributed by atoms with Crippen LogP contribution in [0, 0.1) is 5.41 Å². The summed E-state index contributed by atoms with van der Waals surface area (Å²) in [6, 6.07) is 7.09. The van der Waals surface area contributed by atoms with Crippen LogP contribution < -0.4 is 10.6 Å². The van der Waals surface area contributed by atoms with Crippen LogP contribution in [0.1, 0.15) is 33.3 Å². The maximum atomic E-state index is 9.29. The Bertz CT molecular complexity index is 464. The molecule has 0 bridgehead atoms. The molecule has 0 aliphatic heterocycles. The number of ether oxygens (including phenoxy) is 1. The van der Waals surface area contributed by atoms with Crippen molar-refractivity contribution in [1.82, 2.24) is 10.6 Å². The zero-order chi connectivity index (χ0) is 16.6. The van der Waals surface area contributed by atoms with Crippen molar-refractivity contribution in [1.29, 1.82) is 0 Å². The number of guanidine groups is 1. The number of benzene rings is 1.